The molecular weight excluding hydrogens is 513 g/mol. The van der Waals surface area contributed by atoms with Gasteiger partial charge in [-0.3, -0.25) is 0 Å². The minimum atomic E-state index is -2.49. The first-order chi connectivity index (χ1) is 17.7. The summed E-state index contributed by atoms with van der Waals surface area (Å²) in [7, 11) is 5.92. The molecule has 0 saturated carbocycles. The number of carbonyl (C=O) groups excluding carboxylic acids is 1. The maximum absolute atomic E-state index is 16.2. The number of fused-ring (bicyclic) bond motifs is 2. The maximum atomic E-state index is 16.2. The van der Waals surface area contributed by atoms with Crippen molar-refractivity contribution in [1.82, 2.24) is 0 Å². The number of carbonyl (C=O) groups is 2. The van der Waals surface area contributed by atoms with Gasteiger partial charge >= 0.3 is 11.9 Å². The fourth-order valence-corrected chi connectivity index (χ4v) is 8.10. The lowest BCUT2D eigenvalue weighted by Crippen LogP contribution is -2.50. The van der Waals surface area contributed by atoms with E-state index in [9.17, 15) is 19.1 Å². The molecule has 38 heavy (non-hydrogen) atoms. The van der Waals surface area contributed by atoms with Crippen LogP contribution in [0.1, 0.15) is 31.8 Å². The molecule has 0 atom stereocenters. The highest BCUT2D eigenvalue weighted by atomic mass is 28.3. The number of methoxy groups -OCH3 is 1. The van der Waals surface area contributed by atoms with Crippen LogP contribution in [0.5, 0.6) is 0 Å². The predicted molar refractivity (Wildman–Crippen MR) is 143 cm³/mol. The molecule has 0 spiro atoms. The van der Waals surface area contributed by atoms with Gasteiger partial charge in [-0.2, -0.15) is 0 Å². The number of nitrogens with zero attached hydrogens (tertiary/aromatic N) is 2. The van der Waals surface area contributed by atoms with E-state index in [4.69, 9.17) is 0 Å². The molecule has 1 heterocycles. The summed E-state index contributed by atoms with van der Waals surface area (Å²) in [4.78, 5) is 26.5. The summed E-state index contributed by atoms with van der Waals surface area (Å²) in [5.41, 5.74) is -0.339. The molecule has 2 aromatic carbocycles. The van der Waals surface area contributed by atoms with Gasteiger partial charge < -0.3 is 14.7 Å². The molecule has 1 aliphatic heterocycles. The Morgan fingerprint density at radius 2 is 1.63 bits per heavy atom. The number of hydrogen-bond donors (Lipinski definition) is 1. The second-order valence-electron chi connectivity index (χ2n) is 10.1. The van der Waals surface area contributed by atoms with Gasteiger partial charge in [0.15, 0.2) is 17.3 Å². The molecule has 0 amide bonds. The van der Waals surface area contributed by atoms with E-state index in [2.05, 4.69) is 17.8 Å². The first-order valence-corrected chi connectivity index (χ1v) is 14.8. The summed E-state index contributed by atoms with van der Waals surface area (Å²) < 4.78 is 52.7. The molecule has 0 saturated heterocycles. The number of esters is 1. The van der Waals surface area contributed by atoms with Gasteiger partial charge in [-0.05, 0) is 45.3 Å². The fraction of sp³-hybridized carbons (Fsp3) is 0.250. The van der Waals surface area contributed by atoms with Crippen molar-refractivity contribution in [3.63, 3.8) is 0 Å². The summed E-state index contributed by atoms with van der Waals surface area (Å²) in [6.07, 6.45) is 5.50. The van der Waals surface area contributed by atoms with Crippen molar-refractivity contribution in [2.45, 2.75) is 13.1 Å². The third-order valence-electron chi connectivity index (χ3n) is 7.10. The molecule has 6 nitrogen and oxygen atoms in total. The van der Waals surface area contributed by atoms with Gasteiger partial charge in [0.05, 0.1) is 7.11 Å². The van der Waals surface area contributed by atoms with E-state index in [1.165, 1.54) is 0 Å². The molecule has 10 heteroatoms. The summed E-state index contributed by atoms with van der Waals surface area (Å²) in [6, 6.07) is 5.50. The van der Waals surface area contributed by atoms with E-state index in [1.54, 1.807) is 24.3 Å². The molecule has 2 aromatic rings. The van der Waals surface area contributed by atoms with Crippen LogP contribution in [0.15, 0.2) is 47.2 Å². The number of hydrogen-bond acceptors (Lipinski definition) is 4. The first-order valence-electron chi connectivity index (χ1n) is 11.8. The van der Waals surface area contributed by atoms with Gasteiger partial charge in [0.25, 0.3) is 0 Å². The molecule has 0 radical (unpaired) electrons. The normalized spacial score (nSPS) is 15.5. The SMILES string of the molecule is COC(=O)c1c(F)c(F)c(C(=O)O)c(C2=C3C=CC(=[N+](C)C)C=C3[Si](C)(C)c3cc(N(C)C)ccc32)c1F. The number of aromatic carboxylic acids is 1. The lowest BCUT2D eigenvalue weighted by Gasteiger charge is -2.38. The molecule has 0 unspecified atom stereocenters. The molecule has 0 bridgehead atoms. The Bertz CT molecular complexity index is 1550. The standard InChI is InChI=1S/C28H27F3N2O4Si/c1-32(2)14-8-10-16-18(12-14)38(6,7)19-13-15(33(3)4)9-11-17(19)20(16)21-22(27(34)35)25(30)26(31)23(24(21)29)28(36)37-5/h8-13H,1-7H3/p+1. The van der Waals surface area contributed by atoms with Crippen LogP contribution in [0, 0.1) is 17.5 Å². The van der Waals surface area contributed by atoms with E-state index in [0.717, 1.165) is 28.9 Å². The highest BCUT2D eigenvalue weighted by Crippen LogP contribution is 2.44. The zero-order chi connectivity index (χ0) is 28.3. The smallest absolute Gasteiger partial charge is 0.344 e. The van der Waals surface area contributed by atoms with Gasteiger partial charge in [0, 0.05) is 37.5 Å². The van der Waals surface area contributed by atoms with Crippen LogP contribution in [-0.4, -0.2) is 70.7 Å². The third-order valence-corrected chi connectivity index (χ3v) is 10.6. The Morgan fingerprint density at radius 1 is 1.00 bits per heavy atom. The molecular formula is C28H28F3N2O4Si+. The number of allylic oxidation sites excluding steroid dienone is 5. The predicted octanol–water partition coefficient (Wildman–Crippen LogP) is 4.13. The summed E-state index contributed by atoms with van der Waals surface area (Å²) in [5.74, 6) is -8.54. The van der Waals surface area contributed by atoms with Crippen molar-refractivity contribution in [3.05, 3.63) is 86.9 Å². The quantitative estimate of drug-likeness (QED) is 0.273. The Labute approximate surface area is 219 Å². The fourth-order valence-electron chi connectivity index (χ4n) is 5.03. The van der Waals surface area contributed by atoms with Crippen molar-refractivity contribution >= 4 is 42.2 Å². The van der Waals surface area contributed by atoms with Crippen LogP contribution in [0.2, 0.25) is 13.1 Å². The zero-order valence-electron chi connectivity index (χ0n) is 22.2. The number of anilines is 1. The first kappa shape index (κ1) is 27.1. The molecule has 1 aliphatic carbocycles. The van der Waals surface area contributed by atoms with Crippen molar-refractivity contribution in [1.29, 1.82) is 0 Å². The molecule has 4 rings (SSSR count). The highest BCUT2D eigenvalue weighted by molar-refractivity contribution is 6.98. The van der Waals surface area contributed by atoms with Crippen molar-refractivity contribution < 1.29 is 37.2 Å². The van der Waals surface area contributed by atoms with Crippen molar-refractivity contribution in [3.8, 4) is 0 Å². The van der Waals surface area contributed by atoms with Crippen LogP contribution in [0.3, 0.4) is 0 Å². The average molecular weight is 542 g/mol. The van der Waals surface area contributed by atoms with Crippen molar-refractivity contribution in [2.75, 3.05) is 40.2 Å². The summed E-state index contributed by atoms with van der Waals surface area (Å²) in [5, 5.41) is 11.7. The number of carboxylic acids is 1. The van der Waals surface area contributed by atoms with Crippen LogP contribution in [-0.2, 0) is 4.74 Å². The molecule has 2 aliphatic rings. The topological polar surface area (TPSA) is 69.9 Å². The Balaban J connectivity index is 2.27. The van der Waals surface area contributed by atoms with E-state index < -0.39 is 54.2 Å². The summed E-state index contributed by atoms with van der Waals surface area (Å²) >= 11 is 0. The number of carboxylic acid groups (broad SMARTS) is 1. The van der Waals surface area contributed by atoms with Gasteiger partial charge in [-0.1, -0.05) is 19.2 Å². The second kappa shape index (κ2) is 9.43. The van der Waals surface area contributed by atoms with Crippen LogP contribution >= 0.6 is 0 Å². The lowest BCUT2D eigenvalue weighted by molar-refractivity contribution is -0.462. The largest absolute Gasteiger partial charge is 0.478 e. The maximum Gasteiger partial charge on any atom is 0.344 e. The van der Waals surface area contributed by atoms with Crippen LogP contribution < -0.4 is 10.1 Å². The highest BCUT2D eigenvalue weighted by Gasteiger charge is 2.43. The molecule has 198 valence electrons. The average Bonchev–Trinajstić information content (AvgIpc) is 2.86. The third kappa shape index (κ3) is 3.99. The molecule has 0 aromatic heterocycles. The van der Waals surface area contributed by atoms with Gasteiger partial charge in [-0.25, -0.2) is 27.3 Å². The van der Waals surface area contributed by atoms with E-state index in [-0.39, 0.29) is 5.57 Å². The minimum Gasteiger partial charge on any atom is -0.478 e. The Hall–Kier alpha value is -3.92. The number of benzene rings is 2. The monoisotopic (exact) mass is 541 g/mol. The van der Waals surface area contributed by atoms with E-state index in [1.807, 2.05) is 49.8 Å². The van der Waals surface area contributed by atoms with Crippen molar-refractivity contribution in [2.24, 2.45) is 0 Å². The van der Waals surface area contributed by atoms with Gasteiger partial charge in [0.2, 0.25) is 0 Å². The minimum absolute atomic E-state index is 0.0800. The number of halogens is 3. The lowest BCUT2D eigenvalue weighted by atomic mass is 9.85. The van der Waals surface area contributed by atoms with Gasteiger partial charge in [0.1, 0.15) is 39.1 Å². The zero-order valence-corrected chi connectivity index (χ0v) is 23.2. The van der Waals surface area contributed by atoms with E-state index >= 15 is 8.78 Å². The molecule has 1 N–H and O–H groups in total. The number of rotatable bonds is 4. The second-order valence-corrected chi connectivity index (χ2v) is 14.4. The van der Waals surface area contributed by atoms with Crippen LogP contribution in [0.25, 0.3) is 5.57 Å². The number of ether oxygens (including phenoxy) is 1. The van der Waals surface area contributed by atoms with E-state index in [0.29, 0.717) is 11.1 Å². The summed E-state index contributed by atoms with van der Waals surface area (Å²) in [6.45, 7) is 4.25. The van der Waals surface area contributed by atoms with Crippen LogP contribution in [0.4, 0.5) is 18.9 Å². The Morgan fingerprint density at radius 3 is 2.18 bits per heavy atom. The Kier molecular flexibility index (Phi) is 6.73. The van der Waals surface area contributed by atoms with Gasteiger partial charge in [-0.15, -0.1) is 0 Å². The molecule has 0 fully saturated rings.